The van der Waals surface area contributed by atoms with Crippen molar-refractivity contribution in [3.63, 3.8) is 0 Å². The summed E-state index contributed by atoms with van der Waals surface area (Å²) >= 11 is 3.56. The summed E-state index contributed by atoms with van der Waals surface area (Å²) in [6, 6.07) is 3.76. The van der Waals surface area contributed by atoms with Gasteiger partial charge in [0.2, 0.25) is 5.91 Å². The van der Waals surface area contributed by atoms with E-state index in [0.717, 1.165) is 34.6 Å². The van der Waals surface area contributed by atoms with Gasteiger partial charge in [-0.2, -0.15) is 0 Å². The average Bonchev–Trinajstić information content (AvgIpc) is 2.44. The molecule has 3 rings (SSSR count). The second-order valence-corrected chi connectivity index (χ2v) is 6.81. The molecule has 1 fully saturated rings. The van der Waals surface area contributed by atoms with Crippen LogP contribution in [0, 0.1) is 11.8 Å². The normalized spacial score (nSPS) is 20.0. The van der Waals surface area contributed by atoms with Crippen LogP contribution in [0.15, 0.2) is 16.6 Å². The lowest BCUT2D eigenvalue weighted by molar-refractivity contribution is -0.127. The fourth-order valence-corrected chi connectivity index (χ4v) is 3.38. The summed E-state index contributed by atoms with van der Waals surface area (Å²) < 4.78 is 12.1. The van der Waals surface area contributed by atoms with E-state index in [-0.39, 0.29) is 17.9 Å². The van der Waals surface area contributed by atoms with Crippen molar-refractivity contribution in [3.05, 3.63) is 22.2 Å². The molecule has 2 N–H and O–H groups in total. The van der Waals surface area contributed by atoms with Crippen LogP contribution >= 0.6 is 15.9 Å². The minimum Gasteiger partial charge on any atom is -0.486 e. The highest BCUT2D eigenvalue weighted by Gasteiger charge is 2.29. The van der Waals surface area contributed by atoms with Crippen molar-refractivity contribution in [1.82, 2.24) is 10.6 Å². The number of carbonyl (C=O) groups is 1. The number of ether oxygens (including phenoxy) is 2. The molecule has 5 nitrogen and oxygen atoms in total. The molecule has 2 atom stereocenters. The van der Waals surface area contributed by atoms with Crippen molar-refractivity contribution in [3.8, 4) is 11.5 Å². The lowest BCUT2D eigenvalue weighted by Crippen LogP contribution is -2.49. The van der Waals surface area contributed by atoms with Gasteiger partial charge in [0.1, 0.15) is 13.2 Å². The van der Waals surface area contributed by atoms with Gasteiger partial charge in [0.25, 0.3) is 0 Å². The number of hydrogen-bond acceptors (Lipinski definition) is 4. The smallest absolute Gasteiger partial charge is 0.223 e. The Morgan fingerprint density at radius 2 is 1.91 bits per heavy atom. The molecule has 120 valence electrons. The molecule has 6 heteroatoms. The van der Waals surface area contributed by atoms with Gasteiger partial charge in [-0.25, -0.2) is 0 Å². The molecule has 2 unspecified atom stereocenters. The third-order valence-corrected chi connectivity index (χ3v) is 5.11. The maximum Gasteiger partial charge on any atom is 0.223 e. The molecule has 1 amide bonds. The number of hydrogen-bond donors (Lipinski definition) is 2. The third kappa shape index (κ3) is 3.08. The fraction of sp³-hybridized carbons (Fsp3) is 0.562. The topological polar surface area (TPSA) is 59.6 Å². The van der Waals surface area contributed by atoms with E-state index < -0.39 is 0 Å². The van der Waals surface area contributed by atoms with Gasteiger partial charge >= 0.3 is 0 Å². The van der Waals surface area contributed by atoms with Crippen molar-refractivity contribution >= 4 is 21.8 Å². The Hall–Kier alpha value is -1.27. The molecule has 1 aromatic rings. The molecule has 22 heavy (non-hydrogen) atoms. The molecule has 0 bridgehead atoms. The third-order valence-electron chi connectivity index (χ3n) is 4.42. The summed E-state index contributed by atoms with van der Waals surface area (Å²) in [4.78, 5) is 12.4. The molecule has 2 aliphatic rings. The van der Waals surface area contributed by atoms with Gasteiger partial charge in [0, 0.05) is 10.4 Å². The minimum atomic E-state index is -0.0896. The Labute approximate surface area is 138 Å². The molecule has 0 aliphatic carbocycles. The van der Waals surface area contributed by atoms with Crippen molar-refractivity contribution in [2.24, 2.45) is 11.8 Å². The summed E-state index contributed by atoms with van der Waals surface area (Å²) in [6.07, 6.45) is 0. The first-order chi connectivity index (χ1) is 10.6. The van der Waals surface area contributed by atoms with Gasteiger partial charge in [-0.15, -0.1) is 0 Å². The maximum absolute atomic E-state index is 12.4. The number of carbonyl (C=O) groups excluding carboxylic acids is 1. The molecule has 0 spiro atoms. The largest absolute Gasteiger partial charge is 0.486 e. The van der Waals surface area contributed by atoms with E-state index in [1.165, 1.54) is 0 Å². The minimum absolute atomic E-state index is 0.0275. The van der Waals surface area contributed by atoms with Gasteiger partial charge in [-0.1, -0.05) is 22.9 Å². The van der Waals surface area contributed by atoms with Crippen molar-refractivity contribution < 1.29 is 14.3 Å². The second kappa shape index (κ2) is 6.46. The van der Waals surface area contributed by atoms with Gasteiger partial charge < -0.3 is 20.1 Å². The molecule has 0 saturated carbocycles. The predicted octanol–water partition coefficient (Wildman–Crippen LogP) is 2.25. The molecule has 1 saturated heterocycles. The second-order valence-electron chi connectivity index (χ2n) is 5.95. The van der Waals surface area contributed by atoms with E-state index in [9.17, 15) is 4.79 Å². The van der Waals surface area contributed by atoms with E-state index in [1.54, 1.807) is 0 Å². The Bertz CT molecular complexity index is 575. The van der Waals surface area contributed by atoms with Gasteiger partial charge in [0.05, 0.1) is 6.04 Å². The summed E-state index contributed by atoms with van der Waals surface area (Å²) in [6.45, 7) is 6.96. The van der Waals surface area contributed by atoms with E-state index >= 15 is 0 Å². The van der Waals surface area contributed by atoms with Gasteiger partial charge in [-0.05, 0) is 43.6 Å². The van der Waals surface area contributed by atoms with Crippen molar-refractivity contribution in [2.45, 2.75) is 19.9 Å². The fourth-order valence-electron chi connectivity index (χ4n) is 2.71. The predicted molar refractivity (Wildman–Crippen MR) is 87.2 cm³/mol. The summed E-state index contributed by atoms with van der Waals surface area (Å²) in [5.74, 6) is 2.05. The zero-order valence-electron chi connectivity index (χ0n) is 12.8. The Kier molecular flexibility index (Phi) is 4.59. The molecular formula is C16H21BrN2O3. The number of halogens is 1. The van der Waals surface area contributed by atoms with Crippen LogP contribution in [0.5, 0.6) is 11.5 Å². The van der Waals surface area contributed by atoms with Gasteiger partial charge in [0.15, 0.2) is 11.5 Å². The Morgan fingerprint density at radius 1 is 1.27 bits per heavy atom. The van der Waals surface area contributed by atoms with Gasteiger partial charge in [-0.3, -0.25) is 4.79 Å². The lowest BCUT2D eigenvalue weighted by Gasteiger charge is -2.32. The van der Waals surface area contributed by atoms with Crippen LogP contribution in [0.25, 0.3) is 0 Å². The van der Waals surface area contributed by atoms with Crippen LogP contribution in [0.1, 0.15) is 25.5 Å². The molecule has 0 aromatic heterocycles. The van der Waals surface area contributed by atoms with E-state index in [2.05, 4.69) is 26.6 Å². The summed E-state index contributed by atoms with van der Waals surface area (Å²) in [7, 11) is 0. The standard InChI is InChI=1S/C16H21BrN2O3/c1-9(11-7-18-8-11)16(20)19-10(2)12-5-14-15(6-13(12)17)22-4-3-21-14/h5-6,9-11,18H,3-4,7-8H2,1-2H3,(H,19,20). The van der Waals surface area contributed by atoms with Crippen molar-refractivity contribution in [1.29, 1.82) is 0 Å². The first-order valence-electron chi connectivity index (χ1n) is 7.66. The van der Waals surface area contributed by atoms with E-state index in [4.69, 9.17) is 9.47 Å². The maximum atomic E-state index is 12.4. The zero-order valence-corrected chi connectivity index (χ0v) is 14.4. The monoisotopic (exact) mass is 368 g/mol. The quantitative estimate of drug-likeness (QED) is 0.855. The number of amides is 1. The summed E-state index contributed by atoms with van der Waals surface area (Å²) in [5.41, 5.74) is 0.997. The van der Waals surface area contributed by atoms with Crippen LogP contribution in [-0.2, 0) is 4.79 Å². The van der Waals surface area contributed by atoms with Crippen LogP contribution in [-0.4, -0.2) is 32.2 Å². The van der Waals surface area contributed by atoms with Crippen LogP contribution < -0.4 is 20.1 Å². The summed E-state index contributed by atoms with van der Waals surface area (Å²) in [5, 5.41) is 6.31. The van der Waals surface area contributed by atoms with Crippen LogP contribution in [0.3, 0.4) is 0 Å². The highest BCUT2D eigenvalue weighted by atomic mass is 79.9. The highest BCUT2D eigenvalue weighted by molar-refractivity contribution is 9.10. The molecule has 1 aromatic carbocycles. The molecular weight excluding hydrogens is 348 g/mol. The Morgan fingerprint density at radius 3 is 2.50 bits per heavy atom. The number of benzene rings is 1. The number of fused-ring (bicyclic) bond motifs is 1. The lowest BCUT2D eigenvalue weighted by atomic mass is 9.88. The SMILES string of the molecule is CC(NC(=O)C(C)C1CNC1)c1cc2c(cc1Br)OCCO2. The molecule has 2 heterocycles. The van der Waals surface area contributed by atoms with Crippen LogP contribution in [0.2, 0.25) is 0 Å². The highest BCUT2D eigenvalue weighted by Crippen LogP contribution is 2.37. The number of rotatable bonds is 4. The number of nitrogens with one attached hydrogen (secondary N) is 2. The first kappa shape index (κ1) is 15.6. The van der Waals surface area contributed by atoms with E-state index in [0.29, 0.717) is 19.1 Å². The van der Waals surface area contributed by atoms with Crippen molar-refractivity contribution in [2.75, 3.05) is 26.3 Å². The average molecular weight is 369 g/mol. The van der Waals surface area contributed by atoms with Crippen LogP contribution in [0.4, 0.5) is 0 Å². The first-order valence-corrected chi connectivity index (χ1v) is 8.45. The Balaban J connectivity index is 1.71. The van der Waals surface area contributed by atoms with E-state index in [1.807, 2.05) is 26.0 Å². The molecule has 2 aliphatic heterocycles. The zero-order chi connectivity index (χ0) is 15.7. The molecule has 0 radical (unpaired) electrons.